The van der Waals surface area contributed by atoms with Crippen molar-refractivity contribution in [2.75, 3.05) is 12.0 Å². The molecule has 7 heteroatoms. The van der Waals surface area contributed by atoms with Gasteiger partial charge in [-0.2, -0.15) is 0 Å². The van der Waals surface area contributed by atoms with Crippen LogP contribution in [0.1, 0.15) is 5.56 Å². The predicted molar refractivity (Wildman–Crippen MR) is 103 cm³/mol. The van der Waals surface area contributed by atoms with Crippen LogP contribution in [0.25, 0.3) is 6.08 Å². The molecule has 0 spiro atoms. The molecule has 0 aromatic heterocycles. The molecule has 0 bridgehead atoms. The topological polar surface area (TPSA) is 58.6 Å². The molecular weight excluding hydrogens is 404 g/mol. The molecule has 1 aliphatic rings. The van der Waals surface area contributed by atoms with E-state index in [0.29, 0.717) is 17.0 Å². The molecule has 1 saturated heterocycles. The van der Waals surface area contributed by atoms with E-state index >= 15 is 0 Å². The van der Waals surface area contributed by atoms with Crippen molar-refractivity contribution in [3.8, 4) is 5.75 Å². The SMILES string of the molecule is COc1ccc(Br)cc1C=C1C(=O)NC(=S)N(c2ccccc2)C1=O. The largest absolute Gasteiger partial charge is 0.496 e. The van der Waals surface area contributed by atoms with Gasteiger partial charge in [-0.3, -0.25) is 19.8 Å². The van der Waals surface area contributed by atoms with Crippen LogP contribution in [0.2, 0.25) is 0 Å². The number of hydrogen-bond donors (Lipinski definition) is 1. The number of methoxy groups -OCH3 is 1. The van der Waals surface area contributed by atoms with E-state index < -0.39 is 11.8 Å². The number of anilines is 1. The summed E-state index contributed by atoms with van der Waals surface area (Å²) >= 11 is 8.54. The first-order chi connectivity index (χ1) is 12.0. The summed E-state index contributed by atoms with van der Waals surface area (Å²) < 4.78 is 6.10. The lowest BCUT2D eigenvalue weighted by Gasteiger charge is -2.28. The Morgan fingerprint density at radius 3 is 2.56 bits per heavy atom. The van der Waals surface area contributed by atoms with Crippen molar-refractivity contribution in [3.63, 3.8) is 0 Å². The number of nitrogens with one attached hydrogen (secondary N) is 1. The third kappa shape index (κ3) is 3.47. The third-order valence-electron chi connectivity index (χ3n) is 3.61. The maximum Gasteiger partial charge on any atom is 0.270 e. The van der Waals surface area contributed by atoms with Gasteiger partial charge in [0.25, 0.3) is 11.8 Å². The Hall–Kier alpha value is -2.51. The quantitative estimate of drug-likeness (QED) is 0.473. The fraction of sp³-hybridized carbons (Fsp3) is 0.0556. The summed E-state index contributed by atoms with van der Waals surface area (Å²) in [5.74, 6) is -0.470. The minimum absolute atomic E-state index is 0.0196. The van der Waals surface area contributed by atoms with E-state index in [2.05, 4.69) is 21.2 Å². The van der Waals surface area contributed by atoms with Gasteiger partial charge in [-0.1, -0.05) is 34.1 Å². The number of halogens is 1. The number of amides is 2. The first-order valence-electron chi connectivity index (χ1n) is 7.31. The van der Waals surface area contributed by atoms with Gasteiger partial charge in [-0.15, -0.1) is 0 Å². The fourth-order valence-corrected chi connectivity index (χ4v) is 3.10. The molecule has 3 rings (SSSR count). The highest BCUT2D eigenvalue weighted by molar-refractivity contribution is 9.10. The van der Waals surface area contributed by atoms with Gasteiger partial charge in [-0.25, -0.2) is 0 Å². The average molecular weight is 417 g/mol. The Morgan fingerprint density at radius 2 is 1.88 bits per heavy atom. The van der Waals surface area contributed by atoms with Gasteiger partial charge in [0.1, 0.15) is 11.3 Å². The molecule has 5 nitrogen and oxygen atoms in total. The Morgan fingerprint density at radius 1 is 1.16 bits per heavy atom. The van der Waals surface area contributed by atoms with Gasteiger partial charge in [0.15, 0.2) is 5.11 Å². The van der Waals surface area contributed by atoms with Crippen molar-refractivity contribution in [2.24, 2.45) is 0 Å². The molecule has 1 aliphatic heterocycles. The van der Waals surface area contributed by atoms with Gasteiger partial charge in [0.2, 0.25) is 0 Å². The van der Waals surface area contributed by atoms with Crippen LogP contribution in [-0.4, -0.2) is 24.0 Å². The van der Waals surface area contributed by atoms with E-state index in [9.17, 15) is 9.59 Å². The Kier molecular flexibility index (Phi) is 4.96. The van der Waals surface area contributed by atoms with E-state index in [-0.39, 0.29) is 10.7 Å². The molecule has 0 saturated carbocycles. The van der Waals surface area contributed by atoms with Gasteiger partial charge in [0.05, 0.1) is 12.8 Å². The molecule has 2 aromatic rings. The summed E-state index contributed by atoms with van der Waals surface area (Å²) in [5.41, 5.74) is 1.18. The standard InChI is InChI=1S/C18H13BrN2O3S/c1-24-15-8-7-12(19)9-11(15)10-14-16(22)20-18(25)21(17(14)23)13-5-3-2-4-6-13/h2-10H,1H3,(H,20,22,25). The second kappa shape index (κ2) is 7.16. The molecule has 1 N–H and O–H groups in total. The highest BCUT2D eigenvalue weighted by Gasteiger charge is 2.34. The lowest BCUT2D eigenvalue weighted by atomic mass is 10.1. The van der Waals surface area contributed by atoms with E-state index in [1.54, 1.807) is 36.4 Å². The zero-order chi connectivity index (χ0) is 18.0. The molecule has 2 amide bonds. The maximum absolute atomic E-state index is 12.9. The lowest BCUT2D eigenvalue weighted by molar-refractivity contribution is -0.122. The van der Waals surface area contributed by atoms with Crippen LogP contribution >= 0.6 is 28.1 Å². The number of carbonyl (C=O) groups is 2. The maximum atomic E-state index is 12.9. The van der Waals surface area contributed by atoms with Crippen LogP contribution in [0, 0.1) is 0 Å². The average Bonchev–Trinajstić information content (AvgIpc) is 2.59. The van der Waals surface area contributed by atoms with E-state index in [0.717, 1.165) is 4.47 Å². The van der Waals surface area contributed by atoms with Crippen molar-refractivity contribution in [3.05, 3.63) is 64.1 Å². The van der Waals surface area contributed by atoms with Crippen molar-refractivity contribution < 1.29 is 14.3 Å². The Labute approximate surface area is 158 Å². The number of ether oxygens (including phenoxy) is 1. The van der Waals surface area contributed by atoms with Crippen LogP contribution in [0.3, 0.4) is 0 Å². The molecule has 0 aliphatic carbocycles. The van der Waals surface area contributed by atoms with Crippen LogP contribution in [-0.2, 0) is 9.59 Å². The Bertz CT molecular complexity index is 896. The third-order valence-corrected chi connectivity index (χ3v) is 4.39. The number of nitrogens with zero attached hydrogens (tertiary/aromatic N) is 1. The van der Waals surface area contributed by atoms with E-state index in [1.807, 2.05) is 12.1 Å². The molecule has 126 valence electrons. The number of benzene rings is 2. The normalized spacial score (nSPS) is 16.2. The summed E-state index contributed by atoms with van der Waals surface area (Å²) in [6.07, 6.45) is 1.50. The molecule has 0 unspecified atom stereocenters. The highest BCUT2D eigenvalue weighted by Crippen LogP contribution is 2.27. The van der Waals surface area contributed by atoms with Gasteiger partial charge in [-0.05, 0) is 48.6 Å². The summed E-state index contributed by atoms with van der Waals surface area (Å²) in [6, 6.07) is 14.3. The van der Waals surface area contributed by atoms with E-state index in [1.165, 1.54) is 18.1 Å². The fourth-order valence-electron chi connectivity index (χ4n) is 2.44. The zero-order valence-electron chi connectivity index (χ0n) is 13.2. The molecule has 0 atom stereocenters. The van der Waals surface area contributed by atoms with Crippen molar-refractivity contribution >= 4 is 56.8 Å². The minimum atomic E-state index is -0.538. The summed E-state index contributed by atoms with van der Waals surface area (Å²) in [6.45, 7) is 0. The zero-order valence-corrected chi connectivity index (χ0v) is 15.6. The molecule has 1 heterocycles. The second-order valence-electron chi connectivity index (χ2n) is 5.18. The summed E-state index contributed by atoms with van der Waals surface area (Å²) in [4.78, 5) is 26.5. The Balaban J connectivity index is 2.07. The van der Waals surface area contributed by atoms with Crippen LogP contribution in [0.4, 0.5) is 5.69 Å². The van der Waals surface area contributed by atoms with Crippen molar-refractivity contribution in [2.45, 2.75) is 0 Å². The second-order valence-corrected chi connectivity index (χ2v) is 6.48. The number of hydrogen-bond acceptors (Lipinski definition) is 4. The van der Waals surface area contributed by atoms with Gasteiger partial charge >= 0.3 is 0 Å². The smallest absolute Gasteiger partial charge is 0.270 e. The molecule has 0 radical (unpaired) electrons. The highest BCUT2D eigenvalue weighted by atomic mass is 79.9. The predicted octanol–water partition coefficient (Wildman–Crippen LogP) is 3.29. The minimum Gasteiger partial charge on any atom is -0.496 e. The van der Waals surface area contributed by atoms with Crippen LogP contribution in [0.15, 0.2) is 58.6 Å². The molecule has 25 heavy (non-hydrogen) atoms. The first kappa shape index (κ1) is 17.3. The van der Waals surface area contributed by atoms with Crippen molar-refractivity contribution in [1.82, 2.24) is 5.32 Å². The van der Waals surface area contributed by atoms with Crippen LogP contribution in [0.5, 0.6) is 5.75 Å². The molecular formula is C18H13BrN2O3S. The number of para-hydroxylation sites is 1. The van der Waals surface area contributed by atoms with Gasteiger partial charge in [0, 0.05) is 10.0 Å². The summed E-state index contributed by atoms with van der Waals surface area (Å²) in [5, 5.41) is 2.61. The number of rotatable bonds is 3. The van der Waals surface area contributed by atoms with Crippen LogP contribution < -0.4 is 15.0 Å². The molecule has 1 fully saturated rings. The van der Waals surface area contributed by atoms with Gasteiger partial charge < -0.3 is 4.74 Å². The number of carbonyl (C=O) groups excluding carboxylic acids is 2. The van der Waals surface area contributed by atoms with Crippen molar-refractivity contribution in [1.29, 1.82) is 0 Å². The number of thiocarbonyl (C=S) groups is 1. The first-order valence-corrected chi connectivity index (χ1v) is 8.51. The molecule has 2 aromatic carbocycles. The monoisotopic (exact) mass is 416 g/mol. The summed E-state index contributed by atoms with van der Waals surface area (Å²) in [7, 11) is 1.53. The lowest BCUT2D eigenvalue weighted by Crippen LogP contribution is -2.54. The van der Waals surface area contributed by atoms with E-state index in [4.69, 9.17) is 17.0 Å².